The quantitative estimate of drug-likeness (QED) is 0.790. The van der Waals surface area contributed by atoms with E-state index in [0.717, 1.165) is 0 Å². The zero-order valence-electron chi connectivity index (χ0n) is 8.63. The van der Waals surface area contributed by atoms with Gasteiger partial charge >= 0.3 is 0 Å². The van der Waals surface area contributed by atoms with Crippen molar-refractivity contribution in [3.63, 3.8) is 0 Å². The first kappa shape index (κ1) is 12.5. The number of rotatable bonds is 2. The highest BCUT2D eigenvalue weighted by atomic mass is 79.9. The van der Waals surface area contributed by atoms with Crippen molar-refractivity contribution in [2.45, 2.75) is 11.9 Å². The molecule has 2 aromatic heterocycles. The van der Waals surface area contributed by atoms with E-state index in [1.165, 1.54) is 4.52 Å². The molecule has 17 heavy (non-hydrogen) atoms. The van der Waals surface area contributed by atoms with Gasteiger partial charge in [-0.05, 0) is 41.1 Å². The lowest BCUT2D eigenvalue weighted by atomic mass is 10.3. The maximum atomic E-state index is 11.4. The van der Waals surface area contributed by atoms with Crippen LogP contribution in [0.1, 0.15) is 12.6 Å². The number of allylic oxidation sites excluding steroid dienone is 1. The first-order valence-electron chi connectivity index (χ1n) is 4.56. The van der Waals surface area contributed by atoms with Crippen LogP contribution in [0.25, 0.3) is 11.7 Å². The molecule has 0 amide bonds. The van der Waals surface area contributed by atoms with Gasteiger partial charge in [-0.1, -0.05) is 6.08 Å². The van der Waals surface area contributed by atoms with Gasteiger partial charge in [-0.2, -0.15) is 9.61 Å². The molecule has 90 valence electrons. The molecular weight excluding hydrogens is 330 g/mol. The second kappa shape index (κ2) is 4.40. The normalized spacial score (nSPS) is 12.6. The minimum absolute atomic E-state index is 0.151. The fourth-order valence-corrected chi connectivity index (χ4v) is 3.64. The second-order valence-electron chi connectivity index (χ2n) is 3.17. The topological polar surface area (TPSA) is 64.3 Å². The van der Waals surface area contributed by atoms with E-state index in [1.54, 1.807) is 24.3 Å². The Morgan fingerprint density at radius 1 is 1.47 bits per heavy atom. The molecule has 0 N–H and O–H groups in total. The number of hydrogen-bond acceptors (Lipinski definition) is 4. The van der Waals surface area contributed by atoms with E-state index in [-0.39, 0.29) is 9.63 Å². The van der Waals surface area contributed by atoms with E-state index in [2.05, 4.69) is 26.0 Å². The van der Waals surface area contributed by atoms with Crippen molar-refractivity contribution in [3.05, 3.63) is 28.5 Å². The highest BCUT2D eigenvalue weighted by molar-refractivity contribution is 9.10. The van der Waals surface area contributed by atoms with Crippen molar-refractivity contribution in [1.29, 1.82) is 0 Å². The Morgan fingerprint density at radius 2 is 2.18 bits per heavy atom. The Hall–Kier alpha value is -0.920. The molecule has 2 rings (SSSR count). The van der Waals surface area contributed by atoms with Gasteiger partial charge in [0.15, 0.2) is 5.65 Å². The first-order chi connectivity index (χ1) is 7.93. The van der Waals surface area contributed by atoms with E-state index in [1.807, 2.05) is 6.92 Å². The molecule has 0 atom stereocenters. The maximum absolute atomic E-state index is 11.4. The summed E-state index contributed by atoms with van der Waals surface area (Å²) in [6.07, 6.45) is 3.55. The molecule has 0 saturated carbocycles. The third-order valence-electron chi connectivity index (χ3n) is 1.99. The van der Waals surface area contributed by atoms with E-state index >= 15 is 0 Å². The molecule has 2 aromatic rings. The van der Waals surface area contributed by atoms with Crippen LogP contribution in [0.5, 0.6) is 0 Å². The van der Waals surface area contributed by atoms with Gasteiger partial charge in [0, 0.05) is 10.7 Å². The van der Waals surface area contributed by atoms with E-state index in [9.17, 15) is 8.42 Å². The highest BCUT2D eigenvalue weighted by Crippen LogP contribution is 2.25. The first-order valence-corrected chi connectivity index (χ1v) is 7.66. The zero-order chi connectivity index (χ0) is 12.6. The van der Waals surface area contributed by atoms with Crippen LogP contribution in [-0.2, 0) is 9.05 Å². The number of imidazole rings is 1. The lowest BCUT2D eigenvalue weighted by Crippen LogP contribution is -2.02. The van der Waals surface area contributed by atoms with E-state index in [4.69, 9.17) is 10.7 Å². The van der Waals surface area contributed by atoms with Gasteiger partial charge in [-0.15, -0.1) is 0 Å². The Kier molecular flexibility index (Phi) is 3.24. The molecule has 8 heteroatoms. The van der Waals surface area contributed by atoms with Crippen molar-refractivity contribution in [3.8, 4) is 0 Å². The average Bonchev–Trinajstić information content (AvgIpc) is 2.53. The van der Waals surface area contributed by atoms with Gasteiger partial charge in [-0.25, -0.2) is 13.4 Å². The summed E-state index contributed by atoms with van der Waals surface area (Å²) in [5, 5.41) is 3.96. The van der Waals surface area contributed by atoms with Crippen LogP contribution < -0.4 is 0 Å². The van der Waals surface area contributed by atoms with Gasteiger partial charge < -0.3 is 0 Å². The third kappa shape index (κ3) is 2.36. The Balaban J connectivity index is 2.83. The molecule has 0 aromatic carbocycles. The van der Waals surface area contributed by atoms with Crippen LogP contribution in [0.2, 0.25) is 0 Å². The second-order valence-corrected chi connectivity index (χ2v) is 6.41. The molecule has 0 saturated heterocycles. The molecule has 0 spiro atoms. The lowest BCUT2D eigenvalue weighted by Gasteiger charge is -1.98. The predicted molar refractivity (Wildman–Crippen MR) is 68.4 cm³/mol. The van der Waals surface area contributed by atoms with Crippen molar-refractivity contribution in [2.75, 3.05) is 0 Å². The number of hydrogen-bond donors (Lipinski definition) is 0. The van der Waals surface area contributed by atoms with Crippen molar-refractivity contribution >= 4 is 47.4 Å². The van der Waals surface area contributed by atoms with Crippen LogP contribution in [-0.4, -0.2) is 23.0 Å². The molecule has 2 heterocycles. The summed E-state index contributed by atoms with van der Waals surface area (Å²) in [6, 6.07) is 3.40. The molecule has 5 nitrogen and oxygen atoms in total. The van der Waals surface area contributed by atoms with Gasteiger partial charge in [0.1, 0.15) is 4.60 Å². The molecular formula is C9H7BrClN3O2S. The maximum Gasteiger partial charge on any atom is 0.281 e. The van der Waals surface area contributed by atoms with Crippen molar-refractivity contribution in [2.24, 2.45) is 0 Å². The van der Waals surface area contributed by atoms with Gasteiger partial charge in [0.25, 0.3) is 9.05 Å². The smallest absolute Gasteiger partial charge is 0.219 e. The summed E-state index contributed by atoms with van der Waals surface area (Å²) >= 11 is 3.06. The number of aromatic nitrogens is 3. The van der Waals surface area contributed by atoms with Crippen molar-refractivity contribution in [1.82, 2.24) is 14.6 Å². The van der Waals surface area contributed by atoms with Crippen LogP contribution in [0.4, 0.5) is 0 Å². The number of fused-ring (bicyclic) bond motifs is 1. The largest absolute Gasteiger partial charge is 0.281 e. The zero-order valence-corrected chi connectivity index (χ0v) is 11.8. The predicted octanol–water partition coefficient (Wildman–Crippen LogP) is 2.45. The minimum Gasteiger partial charge on any atom is -0.219 e. The minimum atomic E-state index is -3.91. The molecule has 0 radical (unpaired) electrons. The highest BCUT2D eigenvalue weighted by Gasteiger charge is 2.22. The fourth-order valence-electron chi connectivity index (χ4n) is 1.36. The average molecular weight is 337 g/mol. The SMILES string of the molecule is CC=Cc1ccc2nc(Br)c(S(=O)(=O)Cl)n2n1. The Morgan fingerprint density at radius 3 is 2.76 bits per heavy atom. The Labute approximate surface area is 111 Å². The van der Waals surface area contributed by atoms with Crippen LogP contribution in [0.15, 0.2) is 27.8 Å². The van der Waals surface area contributed by atoms with Gasteiger partial charge in [-0.3, -0.25) is 0 Å². The summed E-state index contributed by atoms with van der Waals surface area (Å²) in [6.45, 7) is 1.84. The summed E-state index contributed by atoms with van der Waals surface area (Å²) in [5.41, 5.74) is 1.02. The van der Waals surface area contributed by atoms with Crippen LogP contribution >= 0.6 is 26.6 Å². The van der Waals surface area contributed by atoms with Crippen molar-refractivity contribution < 1.29 is 8.42 Å². The summed E-state index contributed by atoms with van der Waals surface area (Å²) in [7, 11) is 1.43. The molecule has 0 aliphatic heterocycles. The van der Waals surface area contributed by atoms with E-state index in [0.29, 0.717) is 11.3 Å². The Bertz CT molecular complexity index is 708. The van der Waals surface area contributed by atoms with Gasteiger partial charge in [0.2, 0.25) is 5.03 Å². The summed E-state index contributed by atoms with van der Waals surface area (Å²) in [4.78, 5) is 4.01. The standard InChI is InChI=1S/C9H7BrClN3O2S/c1-2-3-6-4-5-7-12-8(10)9(14(7)13-6)17(11,15)16/h2-5H,1H3. The molecule has 0 aliphatic rings. The molecule has 0 bridgehead atoms. The van der Waals surface area contributed by atoms with E-state index < -0.39 is 9.05 Å². The van der Waals surface area contributed by atoms with Gasteiger partial charge in [0.05, 0.1) is 5.69 Å². The molecule has 0 aliphatic carbocycles. The summed E-state index contributed by atoms with van der Waals surface area (Å²) in [5.74, 6) is 0. The monoisotopic (exact) mass is 335 g/mol. The van der Waals surface area contributed by atoms with Crippen LogP contribution in [0.3, 0.4) is 0 Å². The summed E-state index contributed by atoms with van der Waals surface area (Å²) < 4.78 is 24.2. The lowest BCUT2D eigenvalue weighted by molar-refractivity contribution is 0.601. The number of halogens is 2. The third-order valence-corrected chi connectivity index (χ3v) is 4.07. The number of nitrogens with zero attached hydrogens (tertiary/aromatic N) is 3. The van der Waals surface area contributed by atoms with Crippen LogP contribution in [0, 0.1) is 0 Å². The molecule has 0 fully saturated rings. The molecule has 0 unspecified atom stereocenters. The fraction of sp³-hybridized carbons (Fsp3) is 0.111.